The van der Waals surface area contributed by atoms with Gasteiger partial charge >= 0.3 is 12.0 Å². The minimum absolute atomic E-state index is 0.0765. The zero-order chi connectivity index (χ0) is 15.1. The molecule has 5 nitrogen and oxygen atoms in total. The largest absolute Gasteiger partial charge is 0.481 e. The molecule has 2 amide bonds. The summed E-state index contributed by atoms with van der Waals surface area (Å²) in [5.41, 5.74) is 0.893. The van der Waals surface area contributed by atoms with E-state index in [2.05, 4.69) is 5.32 Å². The number of carbonyl (C=O) groups excluding carboxylic acids is 1. The van der Waals surface area contributed by atoms with Gasteiger partial charge < -0.3 is 15.3 Å². The summed E-state index contributed by atoms with van der Waals surface area (Å²) in [5, 5.41) is 12.4. The highest BCUT2D eigenvalue weighted by Gasteiger charge is 2.09. The SMILES string of the molecule is CN(CCC(=O)O)C(=O)NCCc1ccc(Cl)cc1Cl. The lowest BCUT2D eigenvalue weighted by atomic mass is 10.1. The number of hydrogen-bond acceptors (Lipinski definition) is 2. The second-order valence-electron chi connectivity index (χ2n) is 4.28. The second kappa shape index (κ2) is 7.97. The van der Waals surface area contributed by atoms with Crippen molar-refractivity contribution in [2.45, 2.75) is 12.8 Å². The van der Waals surface area contributed by atoms with E-state index >= 15 is 0 Å². The van der Waals surface area contributed by atoms with Gasteiger partial charge in [-0.2, -0.15) is 0 Å². The molecule has 20 heavy (non-hydrogen) atoms. The van der Waals surface area contributed by atoms with E-state index in [1.165, 1.54) is 4.90 Å². The van der Waals surface area contributed by atoms with E-state index < -0.39 is 5.97 Å². The fraction of sp³-hybridized carbons (Fsp3) is 0.385. The van der Waals surface area contributed by atoms with Crippen LogP contribution in [0.25, 0.3) is 0 Å². The Morgan fingerprint density at radius 1 is 1.35 bits per heavy atom. The van der Waals surface area contributed by atoms with Crippen LogP contribution in [0, 0.1) is 0 Å². The van der Waals surface area contributed by atoms with Crippen LogP contribution in [0.1, 0.15) is 12.0 Å². The molecule has 1 aromatic rings. The first kappa shape index (κ1) is 16.6. The number of urea groups is 1. The highest BCUT2D eigenvalue weighted by molar-refractivity contribution is 6.35. The van der Waals surface area contributed by atoms with Crippen LogP contribution in [0.4, 0.5) is 4.79 Å². The third-order valence-corrected chi connectivity index (χ3v) is 3.28. The Hall–Kier alpha value is -1.46. The van der Waals surface area contributed by atoms with E-state index in [9.17, 15) is 9.59 Å². The van der Waals surface area contributed by atoms with Gasteiger partial charge in [-0.05, 0) is 24.1 Å². The Morgan fingerprint density at radius 3 is 2.65 bits per heavy atom. The Labute approximate surface area is 127 Å². The highest BCUT2D eigenvalue weighted by Crippen LogP contribution is 2.20. The molecule has 0 radical (unpaired) electrons. The lowest BCUT2D eigenvalue weighted by molar-refractivity contribution is -0.137. The predicted molar refractivity (Wildman–Crippen MR) is 78.4 cm³/mol. The number of benzene rings is 1. The molecule has 0 aromatic heterocycles. The van der Waals surface area contributed by atoms with Crippen molar-refractivity contribution in [3.05, 3.63) is 33.8 Å². The molecule has 0 spiro atoms. The van der Waals surface area contributed by atoms with Gasteiger partial charge in [0.25, 0.3) is 0 Å². The van der Waals surface area contributed by atoms with Gasteiger partial charge in [-0.3, -0.25) is 4.79 Å². The summed E-state index contributed by atoms with van der Waals surface area (Å²) in [6.07, 6.45) is 0.501. The monoisotopic (exact) mass is 318 g/mol. The Bertz CT molecular complexity index is 495. The molecule has 0 heterocycles. The van der Waals surface area contributed by atoms with E-state index in [1.807, 2.05) is 6.07 Å². The predicted octanol–water partition coefficient (Wildman–Crippen LogP) is 2.65. The zero-order valence-corrected chi connectivity index (χ0v) is 12.5. The highest BCUT2D eigenvalue weighted by atomic mass is 35.5. The molecule has 0 aliphatic heterocycles. The molecule has 0 fully saturated rings. The van der Waals surface area contributed by atoms with Gasteiger partial charge in [0.05, 0.1) is 6.42 Å². The Balaban J connectivity index is 2.36. The number of nitrogens with one attached hydrogen (secondary N) is 1. The first-order chi connectivity index (χ1) is 9.40. The minimum atomic E-state index is -0.933. The fourth-order valence-corrected chi connectivity index (χ4v) is 2.03. The average molecular weight is 319 g/mol. The Kier molecular flexibility index (Phi) is 6.61. The average Bonchev–Trinajstić information content (AvgIpc) is 2.38. The van der Waals surface area contributed by atoms with Gasteiger partial charge in [0.15, 0.2) is 0 Å². The molecule has 0 unspecified atom stereocenters. The van der Waals surface area contributed by atoms with Crippen LogP contribution in [0.5, 0.6) is 0 Å². The van der Waals surface area contributed by atoms with Gasteiger partial charge in [-0.1, -0.05) is 29.3 Å². The summed E-state index contributed by atoms with van der Waals surface area (Å²) in [4.78, 5) is 23.4. The van der Waals surface area contributed by atoms with E-state index in [-0.39, 0.29) is 19.0 Å². The number of nitrogens with zero attached hydrogens (tertiary/aromatic N) is 1. The van der Waals surface area contributed by atoms with E-state index in [0.717, 1.165) is 5.56 Å². The van der Waals surface area contributed by atoms with Crippen LogP contribution in [-0.4, -0.2) is 42.1 Å². The number of rotatable bonds is 6. The second-order valence-corrected chi connectivity index (χ2v) is 5.13. The quantitative estimate of drug-likeness (QED) is 0.847. The lowest BCUT2D eigenvalue weighted by Gasteiger charge is -2.17. The number of aliphatic carboxylic acids is 1. The first-order valence-corrected chi connectivity index (χ1v) is 6.80. The lowest BCUT2D eigenvalue weighted by Crippen LogP contribution is -2.39. The standard InChI is InChI=1S/C13H16Cl2N2O3/c1-17(7-5-12(18)19)13(20)16-6-4-9-2-3-10(14)8-11(9)15/h2-3,8H,4-7H2,1H3,(H,16,20)(H,18,19). The van der Waals surface area contributed by atoms with Gasteiger partial charge in [-0.25, -0.2) is 4.79 Å². The maximum atomic E-state index is 11.7. The van der Waals surface area contributed by atoms with Crippen LogP contribution in [0.2, 0.25) is 10.0 Å². The molecule has 7 heteroatoms. The number of carboxylic acids is 1. The molecule has 110 valence electrons. The molecule has 0 saturated heterocycles. The molecular formula is C13H16Cl2N2O3. The van der Waals surface area contributed by atoms with E-state index in [0.29, 0.717) is 23.0 Å². The smallest absolute Gasteiger partial charge is 0.317 e. The topological polar surface area (TPSA) is 69.6 Å². The molecule has 0 bridgehead atoms. The Morgan fingerprint density at radius 2 is 2.05 bits per heavy atom. The van der Waals surface area contributed by atoms with Crippen LogP contribution < -0.4 is 5.32 Å². The molecule has 1 rings (SSSR count). The van der Waals surface area contributed by atoms with Crippen molar-refractivity contribution in [3.63, 3.8) is 0 Å². The van der Waals surface area contributed by atoms with Crippen molar-refractivity contribution in [2.24, 2.45) is 0 Å². The van der Waals surface area contributed by atoms with Crippen LogP contribution in [-0.2, 0) is 11.2 Å². The van der Waals surface area contributed by atoms with E-state index in [4.69, 9.17) is 28.3 Å². The minimum Gasteiger partial charge on any atom is -0.481 e. The summed E-state index contributed by atoms with van der Waals surface area (Å²) < 4.78 is 0. The van der Waals surface area contributed by atoms with Gasteiger partial charge in [0.2, 0.25) is 0 Å². The number of carbonyl (C=O) groups is 2. The van der Waals surface area contributed by atoms with Crippen molar-refractivity contribution in [1.82, 2.24) is 10.2 Å². The molecule has 1 aromatic carbocycles. The van der Waals surface area contributed by atoms with Crippen molar-refractivity contribution in [2.75, 3.05) is 20.1 Å². The molecular weight excluding hydrogens is 303 g/mol. The molecule has 0 saturated carbocycles. The normalized spacial score (nSPS) is 10.2. The molecule has 0 atom stereocenters. The number of hydrogen-bond donors (Lipinski definition) is 2. The number of carboxylic acid groups (broad SMARTS) is 1. The summed E-state index contributed by atoms with van der Waals surface area (Å²) in [6.45, 7) is 0.584. The third-order valence-electron chi connectivity index (χ3n) is 2.69. The summed E-state index contributed by atoms with van der Waals surface area (Å²) in [5.74, 6) is -0.933. The molecule has 0 aliphatic carbocycles. The zero-order valence-electron chi connectivity index (χ0n) is 11.0. The summed E-state index contributed by atoms with van der Waals surface area (Å²) in [7, 11) is 1.55. The van der Waals surface area contributed by atoms with Crippen LogP contribution in [0.15, 0.2) is 18.2 Å². The third kappa shape index (κ3) is 5.67. The summed E-state index contributed by atoms with van der Waals surface area (Å²) >= 11 is 11.8. The van der Waals surface area contributed by atoms with Crippen molar-refractivity contribution in [1.29, 1.82) is 0 Å². The molecule has 0 aliphatic rings. The maximum absolute atomic E-state index is 11.7. The van der Waals surface area contributed by atoms with Crippen LogP contribution in [0.3, 0.4) is 0 Å². The fourth-order valence-electron chi connectivity index (χ4n) is 1.53. The van der Waals surface area contributed by atoms with Crippen LogP contribution >= 0.6 is 23.2 Å². The molecule has 2 N–H and O–H groups in total. The first-order valence-electron chi connectivity index (χ1n) is 6.05. The van der Waals surface area contributed by atoms with Crippen molar-refractivity contribution >= 4 is 35.2 Å². The number of halogens is 2. The van der Waals surface area contributed by atoms with Gasteiger partial charge in [0.1, 0.15) is 0 Å². The van der Waals surface area contributed by atoms with Gasteiger partial charge in [-0.15, -0.1) is 0 Å². The number of amides is 2. The van der Waals surface area contributed by atoms with Crippen molar-refractivity contribution in [3.8, 4) is 0 Å². The maximum Gasteiger partial charge on any atom is 0.317 e. The van der Waals surface area contributed by atoms with Gasteiger partial charge in [0, 0.05) is 30.2 Å². The summed E-state index contributed by atoms with van der Waals surface area (Å²) in [6, 6.07) is 4.89. The van der Waals surface area contributed by atoms with Crippen molar-refractivity contribution < 1.29 is 14.7 Å². The van der Waals surface area contributed by atoms with E-state index in [1.54, 1.807) is 19.2 Å².